The SMILES string of the molecule is O=P(O)(O)OCCCNCCCl. The fourth-order valence-electron chi connectivity index (χ4n) is 0.572. The predicted octanol–water partition coefficient (Wildman–Crippen LogP) is 0.314. The van der Waals surface area contributed by atoms with E-state index in [2.05, 4.69) is 9.84 Å². The topological polar surface area (TPSA) is 78.8 Å². The summed E-state index contributed by atoms with van der Waals surface area (Å²) in [5, 5.41) is 2.96. The normalized spacial score (nSPS) is 11.9. The summed E-state index contributed by atoms with van der Waals surface area (Å²) in [6, 6.07) is 0. The zero-order valence-corrected chi connectivity index (χ0v) is 8.22. The van der Waals surface area contributed by atoms with Crippen molar-refractivity contribution in [1.29, 1.82) is 0 Å². The molecule has 0 fully saturated rings. The lowest BCUT2D eigenvalue weighted by Crippen LogP contribution is -2.18. The maximum Gasteiger partial charge on any atom is 0.469 e. The molecule has 0 spiro atoms. The number of rotatable bonds is 7. The summed E-state index contributed by atoms with van der Waals surface area (Å²) in [6.45, 7) is 1.39. The summed E-state index contributed by atoms with van der Waals surface area (Å²) >= 11 is 5.37. The number of phosphoric ester groups is 1. The van der Waals surface area contributed by atoms with E-state index in [0.717, 1.165) is 0 Å². The van der Waals surface area contributed by atoms with Crippen molar-refractivity contribution in [2.75, 3.05) is 25.6 Å². The molecule has 0 aliphatic carbocycles. The number of hydrogen-bond acceptors (Lipinski definition) is 3. The minimum atomic E-state index is -4.28. The molecule has 0 rings (SSSR count). The third-order valence-electron chi connectivity index (χ3n) is 1.03. The second-order valence-electron chi connectivity index (χ2n) is 2.12. The van der Waals surface area contributed by atoms with Crippen LogP contribution in [0.4, 0.5) is 0 Å². The van der Waals surface area contributed by atoms with E-state index in [4.69, 9.17) is 21.4 Å². The van der Waals surface area contributed by atoms with Gasteiger partial charge in [-0.15, -0.1) is 11.6 Å². The van der Waals surface area contributed by atoms with E-state index in [1.54, 1.807) is 0 Å². The average molecular weight is 218 g/mol. The zero-order valence-electron chi connectivity index (χ0n) is 6.57. The van der Waals surface area contributed by atoms with Crippen LogP contribution in [0.15, 0.2) is 0 Å². The van der Waals surface area contributed by atoms with Gasteiger partial charge in [0.05, 0.1) is 6.61 Å². The van der Waals surface area contributed by atoms with E-state index in [1.807, 2.05) is 0 Å². The molecule has 0 aromatic heterocycles. The Morgan fingerprint density at radius 2 is 2.08 bits per heavy atom. The Morgan fingerprint density at radius 3 is 2.58 bits per heavy atom. The van der Waals surface area contributed by atoms with Crippen molar-refractivity contribution < 1.29 is 18.9 Å². The molecule has 0 aliphatic rings. The van der Waals surface area contributed by atoms with Gasteiger partial charge in [0.2, 0.25) is 0 Å². The Morgan fingerprint density at radius 1 is 1.42 bits per heavy atom. The standard InChI is InChI=1S/C5H13ClNO4P/c6-2-4-7-3-1-5-11-12(8,9)10/h7H,1-5H2,(H2,8,9,10). The van der Waals surface area contributed by atoms with Gasteiger partial charge in [0.25, 0.3) is 0 Å². The molecule has 0 atom stereocenters. The van der Waals surface area contributed by atoms with E-state index in [0.29, 0.717) is 25.4 Å². The molecule has 74 valence electrons. The molecule has 0 saturated heterocycles. The van der Waals surface area contributed by atoms with Crippen molar-refractivity contribution in [2.45, 2.75) is 6.42 Å². The molecule has 0 heterocycles. The first-order valence-corrected chi connectivity index (χ1v) is 5.59. The van der Waals surface area contributed by atoms with Crippen LogP contribution in [0.5, 0.6) is 0 Å². The van der Waals surface area contributed by atoms with Gasteiger partial charge in [0, 0.05) is 12.4 Å². The lowest BCUT2D eigenvalue weighted by molar-refractivity contribution is 0.195. The van der Waals surface area contributed by atoms with E-state index >= 15 is 0 Å². The third-order valence-corrected chi connectivity index (χ3v) is 1.74. The lowest BCUT2D eigenvalue weighted by atomic mass is 10.4. The van der Waals surface area contributed by atoms with Crippen LogP contribution in [0.1, 0.15) is 6.42 Å². The van der Waals surface area contributed by atoms with Crippen LogP contribution < -0.4 is 5.32 Å². The highest BCUT2D eigenvalue weighted by atomic mass is 35.5. The molecule has 0 amide bonds. The fraction of sp³-hybridized carbons (Fsp3) is 1.00. The van der Waals surface area contributed by atoms with Crippen LogP contribution in [0.2, 0.25) is 0 Å². The fourth-order valence-corrected chi connectivity index (χ4v) is 1.07. The number of alkyl halides is 1. The summed E-state index contributed by atoms with van der Waals surface area (Å²) in [5.41, 5.74) is 0. The molecular weight excluding hydrogens is 204 g/mol. The average Bonchev–Trinajstić information content (AvgIpc) is 1.94. The molecule has 0 aliphatic heterocycles. The van der Waals surface area contributed by atoms with Crippen molar-refractivity contribution >= 4 is 19.4 Å². The van der Waals surface area contributed by atoms with Gasteiger partial charge in [-0.05, 0) is 13.0 Å². The van der Waals surface area contributed by atoms with Crippen molar-refractivity contribution in [3.63, 3.8) is 0 Å². The van der Waals surface area contributed by atoms with Crippen molar-refractivity contribution in [2.24, 2.45) is 0 Å². The largest absolute Gasteiger partial charge is 0.469 e. The number of hydrogen-bond donors (Lipinski definition) is 3. The second kappa shape index (κ2) is 6.83. The molecule has 12 heavy (non-hydrogen) atoms. The van der Waals surface area contributed by atoms with Gasteiger partial charge in [-0.25, -0.2) is 4.57 Å². The first-order chi connectivity index (χ1) is 5.56. The number of phosphoric acid groups is 1. The van der Waals surface area contributed by atoms with E-state index in [-0.39, 0.29) is 6.61 Å². The van der Waals surface area contributed by atoms with E-state index in [1.165, 1.54) is 0 Å². The molecule has 0 aromatic carbocycles. The van der Waals surface area contributed by atoms with Crippen molar-refractivity contribution in [1.82, 2.24) is 5.32 Å². The zero-order chi connectivity index (χ0) is 9.45. The van der Waals surface area contributed by atoms with Gasteiger partial charge >= 0.3 is 7.82 Å². The van der Waals surface area contributed by atoms with Gasteiger partial charge in [-0.3, -0.25) is 4.52 Å². The van der Waals surface area contributed by atoms with Crippen LogP contribution in [-0.4, -0.2) is 35.4 Å². The van der Waals surface area contributed by atoms with Crippen LogP contribution >= 0.6 is 19.4 Å². The highest BCUT2D eigenvalue weighted by Crippen LogP contribution is 2.35. The predicted molar refractivity (Wildman–Crippen MR) is 46.2 cm³/mol. The molecule has 0 radical (unpaired) electrons. The Bertz CT molecular complexity index is 150. The van der Waals surface area contributed by atoms with Gasteiger partial charge in [0.1, 0.15) is 0 Å². The molecule has 0 saturated carbocycles. The molecule has 0 aromatic rings. The summed E-state index contributed by atoms with van der Waals surface area (Å²) in [6.07, 6.45) is 0.558. The first-order valence-electron chi connectivity index (χ1n) is 3.53. The quantitative estimate of drug-likeness (QED) is 0.325. The third kappa shape index (κ3) is 10.4. The minimum absolute atomic E-state index is 0.0551. The highest BCUT2D eigenvalue weighted by molar-refractivity contribution is 7.46. The van der Waals surface area contributed by atoms with Gasteiger partial charge in [0.15, 0.2) is 0 Å². The molecule has 3 N–H and O–H groups in total. The van der Waals surface area contributed by atoms with E-state index in [9.17, 15) is 4.57 Å². The van der Waals surface area contributed by atoms with Crippen LogP contribution in [0.3, 0.4) is 0 Å². The molecule has 7 heteroatoms. The summed E-state index contributed by atoms with van der Waals surface area (Å²) in [4.78, 5) is 16.5. The molecule has 0 unspecified atom stereocenters. The van der Waals surface area contributed by atoms with Gasteiger partial charge in [-0.2, -0.15) is 0 Å². The molecule has 5 nitrogen and oxygen atoms in total. The maximum atomic E-state index is 10.2. The lowest BCUT2D eigenvalue weighted by Gasteiger charge is -2.04. The Kier molecular flexibility index (Phi) is 7.04. The van der Waals surface area contributed by atoms with Crippen LogP contribution in [0.25, 0.3) is 0 Å². The summed E-state index contributed by atoms with van der Waals surface area (Å²) in [5.74, 6) is 0.527. The van der Waals surface area contributed by atoms with Crippen molar-refractivity contribution in [3.8, 4) is 0 Å². The van der Waals surface area contributed by atoms with Gasteiger partial charge in [-0.1, -0.05) is 0 Å². The summed E-state index contributed by atoms with van der Waals surface area (Å²) < 4.78 is 14.4. The highest BCUT2D eigenvalue weighted by Gasteiger charge is 2.11. The number of halogens is 1. The monoisotopic (exact) mass is 217 g/mol. The van der Waals surface area contributed by atoms with Crippen molar-refractivity contribution in [3.05, 3.63) is 0 Å². The molecular formula is C5H13ClNO4P. The Labute approximate surface area is 76.3 Å². The Hall–Kier alpha value is 0.360. The first kappa shape index (κ1) is 12.4. The maximum absolute atomic E-state index is 10.2. The molecule has 0 bridgehead atoms. The van der Waals surface area contributed by atoms with Gasteiger partial charge < -0.3 is 15.1 Å². The number of nitrogens with one attached hydrogen (secondary N) is 1. The van der Waals surface area contributed by atoms with Crippen LogP contribution in [0, 0.1) is 0 Å². The van der Waals surface area contributed by atoms with E-state index < -0.39 is 7.82 Å². The summed E-state index contributed by atoms with van der Waals surface area (Å²) in [7, 11) is -4.28. The van der Waals surface area contributed by atoms with Crippen LogP contribution in [-0.2, 0) is 9.09 Å². The minimum Gasteiger partial charge on any atom is -0.315 e. The Balaban J connectivity index is 3.06. The smallest absolute Gasteiger partial charge is 0.315 e. The second-order valence-corrected chi connectivity index (χ2v) is 3.73.